The first-order chi connectivity index (χ1) is 18.0. The van der Waals surface area contributed by atoms with Crippen molar-refractivity contribution in [3.8, 4) is 11.1 Å². The molecule has 0 aliphatic heterocycles. The summed E-state index contributed by atoms with van der Waals surface area (Å²) in [5.74, 6) is -1.07. The number of alkyl carbamates (subject to hydrolysis) is 1. The number of carboxylic acid groups (broad SMARTS) is 1. The number of carbonyl (C=O) groups excluding carboxylic acids is 2. The Labute approximate surface area is 224 Å². The van der Waals surface area contributed by atoms with E-state index in [-0.39, 0.29) is 25.2 Å². The Bertz CT molecular complexity index is 1250. The molecule has 3 rings (SSSR count). The van der Waals surface area contributed by atoms with Gasteiger partial charge in [0.1, 0.15) is 11.1 Å². The second-order valence-corrected chi connectivity index (χ2v) is 10.3. The third-order valence-electron chi connectivity index (χ3n) is 6.18. The molecule has 3 aromatic carbocycles. The second kappa shape index (κ2) is 12.5. The first kappa shape index (κ1) is 28.6. The zero-order valence-electron chi connectivity index (χ0n) is 22.4. The summed E-state index contributed by atoms with van der Waals surface area (Å²) in [5, 5.41) is 15.8. The highest BCUT2D eigenvalue weighted by atomic mass is 16.6. The Kier molecular flexibility index (Phi) is 9.42. The predicted molar refractivity (Wildman–Crippen MR) is 148 cm³/mol. The zero-order valence-corrected chi connectivity index (χ0v) is 22.4. The average molecular weight is 517 g/mol. The molecule has 7 nitrogen and oxygen atoms in total. The number of ketones is 1. The molecule has 0 aliphatic rings. The third kappa shape index (κ3) is 8.02. The zero-order chi connectivity index (χ0) is 27.8. The highest BCUT2D eigenvalue weighted by Gasteiger charge is 2.39. The van der Waals surface area contributed by atoms with E-state index in [0.29, 0.717) is 12.1 Å². The number of Topliss-reactive ketones (excluding diaryl/α,β-unsaturated/α-hetero) is 1. The first-order valence-corrected chi connectivity index (χ1v) is 12.7. The van der Waals surface area contributed by atoms with E-state index in [4.69, 9.17) is 4.74 Å². The summed E-state index contributed by atoms with van der Waals surface area (Å²) in [4.78, 5) is 36.9. The van der Waals surface area contributed by atoms with Gasteiger partial charge in [-0.05, 0) is 55.5 Å². The van der Waals surface area contributed by atoms with Crippen molar-refractivity contribution < 1.29 is 24.2 Å². The predicted octanol–water partition coefficient (Wildman–Crippen LogP) is 5.63. The van der Waals surface area contributed by atoms with Gasteiger partial charge < -0.3 is 20.5 Å². The van der Waals surface area contributed by atoms with Crippen LogP contribution in [0.25, 0.3) is 11.1 Å². The Morgan fingerprint density at radius 3 is 2.13 bits per heavy atom. The maximum Gasteiger partial charge on any atom is 0.408 e. The Balaban J connectivity index is 1.66. The van der Waals surface area contributed by atoms with Gasteiger partial charge in [0.25, 0.3) is 0 Å². The number of amides is 1. The van der Waals surface area contributed by atoms with E-state index in [2.05, 4.69) is 16.7 Å². The lowest BCUT2D eigenvalue weighted by Crippen LogP contribution is -2.56. The second-order valence-electron chi connectivity index (χ2n) is 10.3. The molecular weight excluding hydrogens is 480 g/mol. The van der Waals surface area contributed by atoms with E-state index in [0.717, 1.165) is 22.3 Å². The van der Waals surface area contributed by atoms with E-state index < -0.39 is 23.2 Å². The minimum atomic E-state index is -1.48. The number of rotatable bonds is 11. The van der Waals surface area contributed by atoms with Gasteiger partial charge in [0.2, 0.25) is 0 Å². The van der Waals surface area contributed by atoms with Crippen LogP contribution < -0.4 is 10.6 Å². The van der Waals surface area contributed by atoms with Crippen LogP contribution in [-0.4, -0.2) is 40.6 Å². The van der Waals surface area contributed by atoms with Crippen molar-refractivity contribution in [3.05, 3.63) is 95.6 Å². The fourth-order valence-corrected chi connectivity index (χ4v) is 4.11. The summed E-state index contributed by atoms with van der Waals surface area (Å²) >= 11 is 0. The average Bonchev–Trinajstić information content (AvgIpc) is 2.88. The number of nitrogens with one attached hydrogen (secondary N) is 2. The summed E-state index contributed by atoms with van der Waals surface area (Å²) in [5.41, 5.74) is 2.30. The van der Waals surface area contributed by atoms with Gasteiger partial charge in [-0.1, -0.05) is 79.7 Å². The van der Waals surface area contributed by atoms with E-state index >= 15 is 0 Å². The molecule has 1 atom stereocenters. The van der Waals surface area contributed by atoms with Gasteiger partial charge in [-0.2, -0.15) is 0 Å². The molecule has 3 aromatic rings. The van der Waals surface area contributed by atoms with Crippen molar-refractivity contribution in [1.29, 1.82) is 0 Å². The van der Waals surface area contributed by atoms with Gasteiger partial charge in [-0.15, -0.1) is 0 Å². The quantitative estimate of drug-likeness (QED) is 0.286. The van der Waals surface area contributed by atoms with Crippen LogP contribution >= 0.6 is 0 Å². The Hall–Kier alpha value is -3.97. The van der Waals surface area contributed by atoms with Crippen molar-refractivity contribution in [3.63, 3.8) is 0 Å². The van der Waals surface area contributed by atoms with Gasteiger partial charge in [-0.3, -0.25) is 4.79 Å². The molecule has 0 fully saturated rings. The van der Waals surface area contributed by atoms with E-state index in [9.17, 15) is 19.5 Å². The molecule has 0 heterocycles. The maximum atomic E-state index is 12.4. The van der Waals surface area contributed by atoms with Crippen LogP contribution in [0.15, 0.2) is 78.9 Å². The van der Waals surface area contributed by atoms with Crippen LogP contribution in [0.3, 0.4) is 0 Å². The highest BCUT2D eigenvalue weighted by molar-refractivity contribution is 5.97. The SMILES string of the molecule is CC[C@@](Cc1ccc(-c2cccc(CNCC(=O)c3ccccc3)c2)cc1)(NC(=O)OC(C)(C)C)C(=O)O. The van der Waals surface area contributed by atoms with Gasteiger partial charge in [-0.25, -0.2) is 9.59 Å². The lowest BCUT2D eigenvalue weighted by Gasteiger charge is -2.31. The highest BCUT2D eigenvalue weighted by Crippen LogP contribution is 2.24. The van der Waals surface area contributed by atoms with E-state index in [1.807, 2.05) is 72.8 Å². The van der Waals surface area contributed by atoms with E-state index in [1.54, 1.807) is 27.7 Å². The summed E-state index contributed by atoms with van der Waals surface area (Å²) in [7, 11) is 0. The smallest absolute Gasteiger partial charge is 0.408 e. The lowest BCUT2D eigenvalue weighted by atomic mass is 9.87. The minimum absolute atomic E-state index is 0.0445. The molecule has 0 saturated heterocycles. The van der Waals surface area contributed by atoms with Crippen LogP contribution in [-0.2, 0) is 22.5 Å². The molecule has 0 radical (unpaired) electrons. The molecule has 38 heavy (non-hydrogen) atoms. The van der Waals surface area contributed by atoms with Gasteiger partial charge in [0.05, 0.1) is 6.54 Å². The fourth-order valence-electron chi connectivity index (χ4n) is 4.11. The van der Waals surface area contributed by atoms with Crippen LogP contribution in [0, 0.1) is 0 Å². The number of ether oxygens (including phenoxy) is 1. The number of hydrogen-bond donors (Lipinski definition) is 3. The van der Waals surface area contributed by atoms with Crippen molar-refractivity contribution in [1.82, 2.24) is 10.6 Å². The molecule has 0 unspecified atom stereocenters. The van der Waals surface area contributed by atoms with E-state index in [1.165, 1.54) is 0 Å². The fraction of sp³-hybridized carbons (Fsp3) is 0.323. The normalized spacial score (nSPS) is 12.8. The van der Waals surface area contributed by atoms with Crippen LogP contribution in [0.2, 0.25) is 0 Å². The first-order valence-electron chi connectivity index (χ1n) is 12.7. The largest absolute Gasteiger partial charge is 0.479 e. The van der Waals surface area contributed by atoms with Crippen LogP contribution in [0.4, 0.5) is 4.79 Å². The molecule has 200 valence electrons. The minimum Gasteiger partial charge on any atom is -0.479 e. The molecule has 0 aliphatic carbocycles. The molecule has 0 bridgehead atoms. The van der Waals surface area contributed by atoms with Crippen molar-refractivity contribution in [2.45, 2.75) is 58.2 Å². The molecule has 1 amide bonds. The standard InChI is InChI=1S/C31H36N2O5/c1-5-31(28(35)36,33-29(37)38-30(2,3)4)19-22-14-16-24(17-15-22)26-13-9-10-23(18-26)20-32-21-27(34)25-11-7-6-8-12-25/h6-18,32H,5,19-21H2,1-4H3,(H,33,37)(H,35,36)/t31-/m0/s1. The Morgan fingerprint density at radius 1 is 0.842 bits per heavy atom. The number of carbonyl (C=O) groups is 3. The summed E-state index contributed by atoms with van der Waals surface area (Å²) in [6.45, 7) is 7.73. The summed E-state index contributed by atoms with van der Waals surface area (Å²) < 4.78 is 5.30. The molecule has 0 spiro atoms. The summed E-state index contributed by atoms with van der Waals surface area (Å²) in [6, 6.07) is 24.9. The molecule has 7 heteroatoms. The number of carboxylic acids is 1. The number of benzene rings is 3. The van der Waals surface area contributed by atoms with Crippen molar-refractivity contribution in [2.24, 2.45) is 0 Å². The number of aliphatic carboxylic acids is 1. The molecular formula is C31H36N2O5. The topological polar surface area (TPSA) is 105 Å². The monoisotopic (exact) mass is 516 g/mol. The molecule has 3 N–H and O–H groups in total. The molecule has 0 saturated carbocycles. The maximum absolute atomic E-state index is 12.4. The van der Waals surface area contributed by atoms with Gasteiger partial charge in [0.15, 0.2) is 5.78 Å². The number of hydrogen-bond acceptors (Lipinski definition) is 5. The summed E-state index contributed by atoms with van der Waals surface area (Å²) in [6.07, 6.45) is -0.433. The molecule has 0 aromatic heterocycles. The van der Waals surface area contributed by atoms with Gasteiger partial charge >= 0.3 is 12.1 Å². The lowest BCUT2D eigenvalue weighted by molar-refractivity contribution is -0.145. The van der Waals surface area contributed by atoms with Crippen molar-refractivity contribution >= 4 is 17.8 Å². The van der Waals surface area contributed by atoms with Crippen LogP contribution in [0.1, 0.15) is 55.6 Å². The Morgan fingerprint density at radius 2 is 1.53 bits per heavy atom. The third-order valence-corrected chi connectivity index (χ3v) is 6.18. The van der Waals surface area contributed by atoms with Gasteiger partial charge in [0, 0.05) is 18.5 Å². The van der Waals surface area contributed by atoms with Crippen molar-refractivity contribution in [2.75, 3.05) is 6.54 Å². The van der Waals surface area contributed by atoms with Crippen LogP contribution in [0.5, 0.6) is 0 Å².